The largest absolute Gasteiger partial charge is 0.465 e. The number of nitrogens with one attached hydrogen (secondary N) is 1. The first-order chi connectivity index (χ1) is 12.0. The third kappa shape index (κ3) is 3.18. The van der Waals surface area contributed by atoms with Crippen LogP contribution in [0.2, 0.25) is 0 Å². The van der Waals surface area contributed by atoms with Gasteiger partial charge in [0, 0.05) is 12.3 Å². The van der Waals surface area contributed by atoms with Crippen LogP contribution in [0.3, 0.4) is 0 Å². The number of carbonyl (C=O) groups is 1. The van der Waals surface area contributed by atoms with Crippen LogP contribution in [-0.4, -0.2) is 27.8 Å². The van der Waals surface area contributed by atoms with Gasteiger partial charge in [0.05, 0.1) is 18.5 Å². The highest BCUT2D eigenvalue weighted by molar-refractivity contribution is 5.96. The summed E-state index contributed by atoms with van der Waals surface area (Å²) in [6.07, 6.45) is 1.60. The van der Waals surface area contributed by atoms with Crippen molar-refractivity contribution in [2.75, 3.05) is 12.4 Å². The predicted molar refractivity (Wildman–Crippen MR) is 87.1 cm³/mol. The Kier molecular flexibility index (Phi) is 4.42. The fraction of sp³-hybridized carbons (Fsp3) is 0.118. The molecule has 6 nitrogen and oxygen atoms in total. The molecule has 25 heavy (non-hydrogen) atoms. The molecule has 3 rings (SSSR count). The summed E-state index contributed by atoms with van der Waals surface area (Å²) < 4.78 is 33.6. The number of esters is 1. The molecule has 0 fully saturated rings. The number of rotatable bonds is 4. The second-order valence-corrected chi connectivity index (χ2v) is 5.17. The van der Waals surface area contributed by atoms with Crippen LogP contribution in [0.15, 0.2) is 42.6 Å². The number of carbonyl (C=O) groups excluding carboxylic acids is 1. The molecule has 128 valence electrons. The highest BCUT2D eigenvalue weighted by Crippen LogP contribution is 2.27. The first kappa shape index (κ1) is 16.6. The highest BCUT2D eigenvalue weighted by Gasteiger charge is 2.22. The van der Waals surface area contributed by atoms with Gasteiger partial charge in [-0.1, -0.05) is 6.07 Å². The van der Waals surface area contributed by atoms with Gasteiger partial charge in [-0.3, -0.25) is 0 Å². The van der Waals surface area contributed by atoms with Gasteiger partial charge in [-0.2, -0.15) is 9.78 Å². The second-order valence-electron chi connectivity index (χ2n) is 5.17. The molecule has 0 aliphatic carbocycles. The molecule has 0 spiro atoms. The summed E-state index contributed by atoms with van der Waals surface area (Å²) >= 11 is 0. The van der Waals surface area contributed by atoms with Gasteiger partial charge < -0.3 is 10.1 Å². The molecule has 8 heteroatoms. The molecule has 0 saturated carbocycles. The van der Waals surface area contributed by atoms with Crippen molar-refractivity contribution in [2.24, 2.45) is 0 Å². The van der Waals surface area contributed by atoms with Gasteiger partial charge in [-0.15, -0.1) is 0 Å². The maximum atomic E-state index is 14.1. The monoisotopic (exact) mass is 344 g/mol. The molecule has 1 aromatic carbocycles. The summed E-state index contributed by atoms with van der Waals surface area (Å²) in [6, 6.07) is 9.17. The lowest BCUT2D eigenvalue weighted by Gasteiger charge is -2.13. The lowest BCUT2D eigenvalue weighted by molar-refractivity contribution is 0.0595. The molecule has 0 bridgehead atoms. The Morgan fingerprint density at radius 3 is 2.72 bits per heavy atom. The molecular weight excluding hydrogens is 330 g/mol. The van der Waals surface area contributed by atoms with Crippen molar-refractivity contribution in [2.45, 2.75) is 6.92 Å². The summed E-state index contributed by atoms with van der Waals surface area (Å²) in [5.41, 5.74) is 0.215. The maximum absolute atomic E-state index is 14.1. The van der Waals surface area contributed by atoms with Crippen molar-refractivity contribution < 1.29 is 18.3 Å². The second kappa shape index (κ2) is 6.68. The number of hydrogen-bond donors (Lipinski definition) is 1. The van der Waals surface area contributed by atoms with Gasteiger partial charge in [-0.05, 0) is 31.2 Å². The van der Waals surface area contributed by atoms with Crippen LogP contribution in [0.25, 0.3) is 5.82 Å². The molecule has 0 amide bonds. The molecule has 0 unspecified atom stereocenters. The van der Waals surface area contributed by atoms with E-state index in [2.05, 4.69) is 20.1 Å². The van der Waals surface area contributed by atoms with E-state index in [1.807, 2.05) is 0 Å². The van der Waals surface area contributed by atoms with Gasteiger partial charge in [-0.25, -0.2) is 18.6 Å². The maximum Gasteiger partial charge on any atom is 0.343 e. The number of nitrogens with zero attached hydrogens (tertiary/aromatic N) is 3. The van der Waals surface area contributed by atoms with Crippen molar-refractivity contribution in [1.82, 2.24) is 14.8 Å². The van der Waals surface area contributed by atoms with Crippen molar-refractivity contribution >= 4 is 17.5 Å². The zero-order valence-corrected chi connectivity index (χ0v) is 13.5. The third-order valence-corrected chi connectivity index (χ3v) is 3.44. The lowest BCUT2D eigenvalue weighted by Crippen LogP contribution is -2.12. The smallest absolute Gasteiger partial charge is 0.343 e. The molecular formula is C17H14F2N4O2. The van der Waals surface area contributed by atoms with E-state index < -0.39 is 23.2 Å². The summed E-state index contributed by atoms with van der Waals surface area (Å²) in [5.74, 6) is -2.44. The zero-order valence-electron chi connectivity index (χ0n) is 13.5. The van der Waals surface area contributed by atoms with Crippen LogP contribution < -0.4 is 5.32 Å². The fourth-order valence-electron chi connectivity index (χ4n) is 2.34. The number of hydrogen-bond acceptors (Lipinski definition) is 5. The first-order valence-electron chi connectivity index (χ1n) is 7.32. The minimum atomic E-state index is -1.28. The zero-order chi connectivity index (χ0) is 18.0. The molecule has 1 N–H and O–H groups in total. The summed E-state index contributed by atoms with van der Waals surface area (Å²) in [7, 11) is 1.10. The number of ether oxygens (including phenoxy) is 1. The highest BCUT2D eigenvalue weighted by atomic mass is 19.2. The predicted octanol–water partition coefficient (Wildman–Crippen LogP) is 3.38. The van der Waals surface area contributed by atoms with E-state index in [0.717, 1.165) is 13.2 Å². The van der Waals surface area contributed by atoms with E-state index in [9.17, 15) is 13.6 Å². The van der Waals surface area contributed by atoms with Crippen LogP contribution in [0.5, 0.6) is 0 Å². The Labute approximate surface area is 142 Å². The minimum Gasteiger partial charge on any atom is -0.465 e. The number of pyridine rings is 1. The molecule has 3 aromatic rings. The third-order valence-electron chi connectivity index (χ3n) is 3.44. The lowest BCUT2D eigenvalue weighted by atomic mass is 10.1. The van der Waals surface area contributed by atoms with Gasteiger partial charge in [0.2, 0.25) is 0 Å². The van der Waals surface area contributed by atoms with Crippen molar-refractivity contribution in [1.29, 1.82) is 0 Å². The van der Waals surface area contributed by atoms with Crippen LogP contribution >= 0.6 is 0 Å². The van der Waals surface area contributed by atoms with Gasteiger partial charge in [0.25, 0.3) is 0 Å². The number of benzene rings is 1. The Hall–Kier alpha value is -3.29. The fourth-order valence-corrected chi connectivity index (χ4v) is 2.34. The average Bonchev–Trinajstić information content (AvgIpc) is 2.99. The molecule has 0 radical (unpaired) electrons. The molecule has 0 saturated heterocycles. The topological polar surface area (TPSA) is 69.0 Å². The van der Waals surface area contributed by atoms with E-state index in [1.54, 1.807) is 37.4 Å². The SMILES string of the molecule is COC(=O)c1c(Nc2cc(C)nn2-c2ccccn2)ccc(F)c1F. The molecule has 2 heterocycles. The van der Waals surface area contributed by atoms with E-state index >= 15 is 0 Å². The Bertz CT molecular complexity index is 926. The average molecular weight is 344 g/mol. The molecule has 0 atom stereocenters. The normalized spacial score (nSPS) is 10.6. The van der Waals surface area contributed by atoms with Gasteiger partial charge >= 0.3 is 5.97 Å². The van der Waals surface area contributed by atoms with Crippen LogP contribution in [0, 0.1) is 18.6 Å². The molecule has 2 aromatic heterocycles. The van der Waals surface area contributed by atoms with E-state index in [1.165, 1.54) is 10.7 Å². The quantitative estimate of drug-likeness (QED) is 0.735. The molecule has 0 aliphatic rings. The van der Waals surface area contributed by atoms with Crippen LogP contribution in [0.4, 0.5) is 20.3 Å². The number of methoxy groups -OCH3 is 1. The van der Waals surface area contributed by atoms with Gasteiger partial charge in [0.1, 0.15) is 11.4 Å². The van der Waals surface area contributed by atoms with Crippen molar-refractivity contribution in [3.05, 3.63) is 65.5 Å². The summed E-state index contributed by atoms with van der Waals surface area (Å²) in [5, 5.41) is 7.22. The number of aryl methyl sites for hydroxylation is 1. The Morgan fingerprint density at radius 1 is 1.24 bits per heavy atom. The number of halogens is 2. The summed E-state index contributed by atoms with van der Waals surface area (Å²) in [4.78, 5) is 16.1. The van der Waals surface area contributed by atoms with Crippen LogP contribution in [0.1, 0.15) is 16.1 Å². The van der Waals surface area contributed by atoms with Crippen molar-refractivity contribution in [3.63, 3.8) is 0 Å². The van der Waals surface area contributed by atoms with Crippen molar-refractivity contribution in [3.8, 4) is 5.82 Å². The number of anilines is 2. The van der Waals surface area contributed by atoms with Gasteiger partial charge in [0.15, 0.2) is 17.5 Å². The molecule has 0 aliphatic heterocycles. The van der Waals surface area contributed by atoms with E-state index in [-0.39, 0.29) is 5.69 Å². The Balaban J connectivity index is 2.08. The number of aromatic nitrogens is 3. The Morgan fingerprint density at radius 2 is 2.04 bits per heavy atom. The minimum absolute atomic E-state index is 0.0582. The van der Waals surface area contributed by atoms with E-state index in [0.29, 0.717) is 17.3 Å². The van der Waals surface area contributed by atoms with E-state index in [4.69, 9.17) is 0 Å². The standard InChI is InChI=1S/C17H14F2N4O2/c1-10-9-14(23(22-10)13-5-3-4-8-20-13)21-12-7-6-11(18)16(19)15(12)17(24)25-2/h3-9,21H,1-2H3. The van der Waals surface area contributed by atoms with Crippen LogP contribution in [-0.2, 0) is 4.74 Å². The summed E-state index contributed by atoms with van der Waals surface area (Å²) in [6.45, 7) is 1.77. The first-order valence-corrected chi connectivity index (χ1v) is 7.32.